The van der Waals surface area contributed by atoms with Gasteiger partial charge in [0.2, 0.25) is 0 Å². The molecule has 5 heteroatoms. The van der Waals surface area contributed by atoms with Gasteiger partial charge in [0.05, 0.1) is 8.06 Å². The quantitative estimate of drug-likeness (QED) is 0.523. The molecule has 0 aromatic heterocycles. The monoisotopic (exact) mass is 464 g/mol. The summed E-state index contributed by atoms with van der Waals surface area (Å²) in [5, 5.41) is 0. The van der Waals surface area contributed by atoms with E-state index in [0.717, 1.165) is 12.8 Å². The summed E-state index contributed by atoms with van der Waals surface area (Å²) in [5.74, 6) is 0.326. The number of hydrogen-bond donors (Lipinski definition) is 0. The Morgan fingerprint density at radius 2 is 1.87 bits per heavy atom. The fourth-order valence-electron chi connectivity index (χ4n) is 3.13. The van der Waals surface area contributed by atoms with E-state index < -0.39 is 0 Å². The molecule has 3 atom stereocenters. The summed E-state index contributed by atoms with van der Waals surface area (Å²) in [4.78, 5) is 12.6. The summed E-state index contributed by atoms with van der Waals surface area (Å²) < 4.78 is -0.209. The number of alkyl halides is 4. The fraction of sp³-hybridized carbons (Fsp3) is 0.900. The molecule has 0 aromatic rings. The van der Waals surface area contributed by atoms with E-state index in [-0.39, 0.29) is 23.7 Å². The first-order valence-corrected chi connectivity index (χ1v) is 8.41. The smallest absolute Gasteiger partial charge is 0.156 e. The molecule has 0 aromatic carbocycles. The predicted octanol–water partition coefficient (Wildman–Crippen LogP) is 4.39. The highest BCUT2D eigenvalue weighted by Crippen LogP contribution is 2.72. The molecule has 0 saturated heterocycles. The van der Waals surface area contributed by atoms with Crippen molar-refractivity contribution in [3.05, 3.63) is 0 Å². The van der Waals surface area contributed by atoms with Crippen molar-refractivity contribution in [3.63, 3.8) is 0 Å². The molecule has 0 spiro atoms. The van der Waals surface area contributed by atoms with Crippen LogP contribution >= 0.6 is 63.7 Å². The highest BCUT2D eigenvalue weighted by molar-refractivity contribution is 9.24. The minimum absolute atomic E-state index is 0.0480. The number of carbonyl (C=O) groups excluding carboxylic acids is 1. The zero-order chi connectivity index (χ0) is 11.6. The van der Waals surface area contributed by atoms with Gasteiger partial charge in [-0.05, 0) is 12.8 Å². The molecule has 2 rings (SSSR count). The van der Waals surface area contributed by atoms with Gasteiger partial charge in [-0.3, -0.25) is 4.79 Å². The van der Waals surface area contributed by atoms with Crippen molar-refractivity contribution in [2.24, 2.45) is 10.8 Å². The molecular weight excluding hydrogens is 456 g/mol. The number of fused-ring (bicyclic) bond motifs is 2. The maximum atomic E-state index is 12.4. The molecule has 1 nitrogen and oxygen atoms in total. The number of Topliss-reactive ketones (excluding diaryl/α,β-unsaturated/α-hetero) is 1. The Morgan fingerprint density at radius 3 is 2.13 bits per heavy atom. The highest BCUT2D eigenvalue weighted by atomic mass is 79.9. The van der Waals surface area contributed by atoms with Gasteiger partial charge < -0.3 is 0 Å². The molecule has 2 bridgehead atoms. The second kappa shape index (κ2) is 3.55. The molecule has 0 N–H and O–H groups in total. The average Bonchev–Trinajstić information content (AvgIpc) is 2.45. The van der Waals surface area contributed by atoms with E-state index in [2.05, 4.69) is 77.6 Å². The number of carbonyl (C=O) groups is 1. The molecule has 2 saturated carbocycles. The van der Waals surface area contributed by atoms with Crippen molar-refractivity contribution in [2.75, 3.05) is 0 Å². The van der Waals surface area contributed by atoms with Crippen LogP contribution in [0.4, 0.5) is 0 Å². The molecule has 0 radical (unpaired) electrons. The fourth-order valence-corrected chi connectivity index (χ4v) is 8.58. The zero-order valence-corrected chi connectivity index (χ0v) is 14.8. The second-order valence-electron chi connectivity index (χ2n) is 5.02. The molecule has 2 aliphatic rings. The molecule has 0 aliphatic heterocycles. The van der Waals surface area contributed by atoms with Crippen LogP contribution < -0.4 is 0 Å². The van der Waals surface area contributed by atoms with Crippen LogP contribution in [0.1, 0.15) is 26.7 Å². The van der Waals surface area contributed by atoms with E-state index >= 15 is 0 Å². The van der Waals surface area contributed by atoms with E-state index in [4.69, 9.17) is 0 Å². The van der Waals surface area contributed by atoms with Gasteiger partial charge in [0.1, 0.15) is 0 Å². The van der Waals surface area contributed by atoms with Gasteiger partial charge in [-0.15, -0.1) is 0 Å². The number of ketones is 1. The van der Waals surface area contributed by atoms with Crippen molar-refractivity contribution in [3.8, 4) is 0 Å². The van der Waals surface area contributed by atoms with Crippen LogP contribution in [0.5, 0.6) is 0 Å². The van der Waals surface area contributed by atoms with Crippen LogP contribution in [-0.4, -0.2) is 18.7 Å². The Balaban J connectivity index is 2.61. The van der Waals surface area contributed by atoms with E-state index in [1.54, 1.807) is 0 Å². The van der Waals surface area contributed by atoms with Crippen LogP contribution in [0.2, 0.25) is 0 Å². The Hall–Kier alpha value is 1.59. The summed E-state index contributed by atoms with van der Waals surface area (Å²) in [5.41, 5.74) is -0.353. The second-order valence-corrected chi connectivity index (χ2v) is 10.4. The third-order valence-electron chi connectivity index (χ3n) is 4.25. The van der Waals surface area contributed by atoms with Gasteiger partial charge in [0.15, 0.2) is 5.78 Å². The standard InChI is InChI=1S/C10H12Br4O/c1-8(2)6(15)10(14)4-3-9(8,5(10)11)7(12)13/h5,7H,3-4H2,1-2H3/t5-,9+,10+/m0/s1. The average molecular weight is 468 g/mol. The number of hydrogen-bond acceptors (Lipinski definition) is 1. The van der Waals surface area contributed by atoms with Gasteiger partial charge in [0.25, 0.3) is 0 Å². The lowest BCUT2D eigenvalue weighted by molar-refractivity contribution is -0.131. The Kier molecular flexibility index (Phi) is 3.08. The Bertz CT molecular complexity index is 327. The number of halogens is 4. The third-order valence-corrected chi connectivity index (χ3v) is 9.32. The van der Waals surface area contributed by atoms with Crippen LogP contribution in [0.25, 0.3) is 0 Å². The highest BCUT2D eigenvalue weighted by Gasteiger charge is 2.75. The van der Waals surface area contributed by atoms with Gasteiger partial charge in [-0.2, -0.15) is 0 Å². The summed E-state index contributed by atoms with van der Waals surface area (Å²) >= 11 is 14.6. The summed E-state index contributed by atoms with van der Waals surface area (Å²) in [6, 6.07) is 0. The molecular formula is C10H12Br4O. The maximum absolute atomic E-state index is 12.4. The molecule has 0 amide bonds. The van der Waals surface area contributed by atoms with Crippen molar-refractivity contribution < 1.29 is 4.79 Å². The molecule has 2 fully saturated rings. The SMILES string of the molecule is CC1(C)C(=O)[C@@]2(Br)CC[C@]1(C(Br)Br)[C@@H]2Br. The van der Waals surface area contributed by atoms with Crippen LogP contribution in [0.3, 0.4) is 0 Å². The minimum atomic E-state index is -0.365. The molecule has 2 aliphatic carbocycles. The van der Waals surface area contributed by atoms with Crippen LogP contribution in [0, 0.1) is 10.8 Å². The first-order chi connectivity index (χ1) is 6.71. The summed E-state index contributed by atoms with van der Waals surface area (Å²) in [7, 11) is 0. The van der Waals surface area contributed by atoms with Crippen molar-refractivity contribution in [1.82, 2.24) is 0 Å². The predicted molar refractivity (Wildman–Crippen MR) is 76.5 cm³/mol. The Labute approximate surface area is 124 Å². The van der Waals surface area contributed by atoms with Gasteiger partial charge >= 0.3 is 0 Å². The topological polar surface area (TPSA) is 17.1 Å². The van der Waals surface area contributed by atoms with Crippen LogP contribution in [-0.2, 0) is 4.79 Å². The number of rotatable bonds is 1. The van der Waals surface area contributed by atoms with Gasteiger partial charge in [0, 0.05) is 15.7 Å². The summed E-state index contributed by atoms with van der Waals surface area (Å²) in [6.45, 7) is 4.11. The first-order valence-electron chi connectivity index (χ1n) is 4.87. The molecule has 0 heterocycles. The van der Waals surface area contributed by atoms with E-state index in [9.17, 15) is 4.79 Å². The third kappa shape index (κ3) is 1.27. The minimum Gasteiger partial charge on any atom is -0.297 e. The van der Waals surface area contributed by atoms with Gasteiger partial charge in [-0.1, -0.05) is 77.6 Å². The van der Waals surface area contributed by atoms with Crippen LogP contribution in [0.15, 0.2) is 0 Å². The lowest BCUT2D eigenvalue weighted by Crippen LogP contribution is -2.45. The summed E-state index contributed by atoms with van der Waals surface area (Å²) in [6.07, 6.45) is 1.97. The Morgan fingerprint density at radius 1 is 1.33 bits per heavy atom. The van der Waals surface area contributed by atoms with E-state index in [1.165, 1.54) is 0 Å². The molecule has 86 valence electrons. The van der Waals surface area contributed by atoms with Crippen molar-refractivity contribution >= 4 is 69.5 Å². The van der Waals surface area contributed by atoms with Crippen molar-refractivity contribution in [2.45, 2.75) is 39.6 Å². The normalized spacial score (nSPS) is 47.9. The van der Waals surface area contributed by atoms with E-state index in [1.807, 2.05) is 0 Å². The zero-order valence-electron chi connectivity index (χ0n) is 8.49. The van der Waals surface area contributed by atoms with Gasteiger partial charge in [-0.25, -0.2) is 0 Å². The van der Waals surface area contributed by atoms with Crippen molar-refractivity contribution in [1.29, 1.82) is 0 Å². The first kappa shape index (κ1) is 13.0. The lowest BCUT2D eigenvalue weighted by atomic mass is 9.65. The lowest BCUT2D eigenvalue weighted by Gasteiger charge is -2.43. The van der Waals surface area contributed by atoms with E-state index in [0.29, 0.717) is 5.78 Å². The largest absolute Gasteiger partial charge is 0.297 e. The maximum Gasteiger partial charge on any atom is 0.156 e. The molecule has 15 heavy (non-hydrogen) atoms. The molecule has 0 unspecified atom stereocenters.